The van der Waals surface area contributed by atoms with Gasteiger partial charge < -0.3 is 4.74 Å². The maximum Gasteiger partial charge on any atom is 0.0586 e. The molecule has 1 aromatic rings. The molecule has 2 saturated heterocycles. The van der Waals surface area contributed by atoms with Crippen molar-refractivity contribution in [3.8, 4) is 0 Å². The van der Waals surface area contributed by atoms with Crippen molar-refractivity contribution in [1.82, 2.24) is 14.7 Å². The molecule has 2 fully saturated rings. The van der Waals surface area contributed by atoms with Crippen LogP contribution in [0.2, 0.25) is 0 Å². The fraction of sp³-hybridized carbons (Fsp3) is 0.812. The molecule has 1 atom stereocenters. The third-order valence-electron chi connectivity index (χ3n) is 5.00. The van der Waals surface area contributed by atoms with Gasteiger partial charge in [0.05, 0.1) is 18.8 Å². The average molecular weight is 277 g/mol. The van der Waals surface area contributed by atoms with Gasteiger partial charge in [0.1, 0.15) is 0 Å². The maximum atomic E-state index is 5.49. The predicted molar refractivity (Wildman–Crippen MR) is 79.7 cm³/mol. The average Bonchev–Trinajstić information content (AvgIpc) is 2.93. The summed E-state index contributed by atoms with van der Waals surface area (Å²) in [7, 11) is 0. The normalized spacial score (nSPS) is 26.4. The lowest BCUT2D eigenvalue weighted by atomic mass is 9.81. The summed E-state index contributed by atoms with van der Waals surface area (Å²) in [5, 5.41) is 4.44. The Balaban J connectivity index is 1.75. The molecule has 0 N–H and O–H groups in total. The molecule has 0 aromatic carbocycles. The van der Waals surface area contributed by atoms with E-state index >= 15 is 0 Å². The van der Waals surface area contributed by atoms with E-state index in [1.807, 2.05) is 12.3 Å². The second-order valence-corrected chi connectivity index (χ2v) is 7.58. The number of hydrogen-bond acceptors (Lipinski definition) is 3. The van der Waals surface area contributed by atoms with Crippen LogP contribution in [-0.2, 0) is 10.3 Å². The van der Waals surface area contributed by atoms with Crippen LogP contribution in [-0.4, -0.2) is 46.5 Å². The molecule has 1 spiro atoms. The highest BCUT2D eigenvalue weighted by atomic mass is 16.5. The van der Waals surface area contributed by atoms with Crippen LogP contribution in [0.3, 0.4) is 0 Å². The van der Waals surface area contributed by atoms with Crippen molar-refractivity contribution in [2.24, 2.45) is 5.41 Å². The summed E-state index contributed by atoms with van der Waals surface area (Å²) in [6.45, 7) is 12.3. The van der Waals surface area contributed by atoms with Crippen LogP contribution in [0, 0.1) is 5.41 Å². The number of nitrogens with zero attached hydrogens (tertiary/aromatic N) is 3. The number of rotatable bonds is 4. The Hall–Kier alpha value is -0.870. The zero-order valence-electron chi connectivity index (χ0n) is 13.2. The largest absolute Gasteiger partial charge is 0.380 e. The van der Waals surface area contributed by atoms with Crippen LogP contribution < -0.4 is 0 Å². The van der Waals surface area contributed by atoms with Gasteiger partial charge in [-0.2, -0.15) is 5.10 Å². The first-order valence-electron chi connectivity index (χ1n) is 7.76. The molecule has 0 radical (unpaired) electrons. The Bertz CT molecular complexity index is 448. The number of aromatic nitrogens is 2. The van der Waals surface area contributed by atoms with Crippen molar-refractivity contribution < 1.29 is 4.74 Å². The van der Waals surface area contributed by atoms with E-state index in [4.69, 9.17) is 4.74 Å². The summed E-state index contributed by atoms with van der Waals surface area (Å²) in [4.78, 5) is 2.67. The molecule has 4 nitrogen and oxygen atoms in total. The van der Waals surface area contributed by atoms with Crippen LogP contribution in [0.5, 0.6) is 0 Å². The third-order valence-corrected chi connectivity index (χ3v) is 5.00. The topological polar surface area (TPSA) is 30.3 Å². The second kappa shape index (κ2) is 4.85. The van der Waals surface area contributed by atoms with Crippen molar-refractivity contribution in [1.29, 1.82) is 0 Å². The minimum absolute atomic E-state index is 0.0669. The van der Waals surface area contributed by atoms with Gasteiger partial charge in [-0.05, 0) is 46.6 Å². The third kappa shape index (κ3) is 2.40. The summed E-state index contributed by atoms with van der Waals surface area (Å²) in [5.41, 5.74) is 0.507. The Morgan fingerprint density at radius 1 is 1.40 bits per heavy atom. The van der Waals surface area contributed by atoms with Crippen molar-refractivity contribution in [2.75, 3.05) is 19.8 Å². The van der Waals surface area contributed by atoms with Crippen molar-refractivity contribution in [3.63, 3.8) is 0 Å². The highest BCUT2D eigenvalue weighted by Crippen LogP contribution is 2.44. The molecule has 0 aliphatic carbocycles. The zero-order chi connectivity index (χ0) is 14.4. The fourth-order valence-electron chi connectivity index (χ4n) is 3.89. The van der Waals surface area contributed by atoms with Gasteiger partial charge in [0.2, 0.25) is 0 Å². The van der Waals surface area contributed by atoms with Crippen LogP contribution in [0.25, 0.3) is 0 Å². The molecule has 1 aromatic heterocycles. The number of likely N-dealkylation sites (tertiary alicyclic amines) is 1. The van der Waals surface area contributed by atoms with Crippen LogP contribution >= 0.6 is 0 Å². The highest BCUT2D eigenvalue weighted by molar-refractivity contribution is 5.02. The van der Waals surface area contributed by atoms with E-state index in [0.29, 0.717) is 17.5 Å². The molecule has 0 bridgehead atoms. The van der Waals surface area contributed by atoms with Crippen LogP contribution in [0.4, 0.5) is 0 Å². The summed E-state index contributed by atoms with van der Waals surface area (Å²) in [5.74, 6) is 0. The lowest BCUT2D eigenvalue weighted by Gasteiger charge is -2.38. The Kier molecular flexibility index (Phi) is 3.41. The highest BCUT2D eigenvalue weighted by Gasteiger charge is 2.50. The van der Waals surface area contributed by atoms with Crippen LogP contribution in [0.1, 0.15) is 40.5 Å². The fourth-order valence-corrected chi connectivity index (χ4v) is 3.89. The van der Waals surface area contributed by atoms with Crippen molar-refractivity contribution >= 4 is 0 Å². The summed E-state index contributed by atoms with van der Waals surface area (Å²) in [6.07, 6.45) is 6.37. The molecule has 1 unspecified atom stereocenters. The van der Waals surface area contributed by atoms with E-state index in [-0.39, 0.29) is 5.54 Å². The lowest BCUT2D eigenvalue weighted by Crippen LogP contribution is -2.45. The van der Waals surface area contributed by atoms with E-state index < -0.39 is 0 Å². The van der Waals surface area contributed by atoms with E-state index in [1.54, 1.807) is 0 Å². The van der Waals surface area contributed by atoms with Gasteiger partial charge in [-0.15, -0.1) is 0 Å². The maximum absolute atomic E-state index is 5.49. The molecule has 4 heteroatoms. The molecule has 0 saturated carbocycles. The Labute approximate surface area is 122 Å². The molecule has 0 amide bonds. The Morgan fingerprint density at radius 3 is 2.65 bits per heavy atom. The van der Waals surface area contributed by atoms with Crippen molar-refractivity contribution in [3.05, 3.63) is 18.5 Å². The predicted octanol–water partition coefficient (Wildman–Crippen LogP) is 2.51. The minimum Gasteiger partial charge on any atom is -0.380 e. The van der Waals surface area contributed by atoms with Gasteiger partial charge in [0, 0.05) is 36.4 Å². The molecule has 3 rings (SSSR count). The Morgan fingerprint density at radius 2 is 2.15 bits per heavy atom. The lowest BCUT2D eigenvalue weighted by molar-refractivity contribution is -0.106. The van der Waals surface area contributed by atoms with Gasteiger partial charge in [0.15, 0.2) is 0 Å². The number of hydrogen-bond donors (Lipinski definition) is 0. The first-order chi connectivity index (χ1) is 9.42. The zero-order valence-corrected chi connectivity index (χ0v) is 13.2. The van der Waals surface area contributed by atoms with E-state index in [9.17, 15) is 0 Å². The SMILES string of the molecule is CC(C)N1CC2(COC2)CC1CC(C)(C)n1cccn1. The molecular formula is C16H27N3O. The van der Waals surface area contributed by atoms with E-state index in [0.717, 1.165) is 19.6 Å². The van der Waals surface area contributed by atoms with Gasteiger partial charge in [-0.25, -0.2) is 0 Å². The molecule has 3 heterocycles. The first-order valence-corrected chi connectivity index (χ1v) is 7.76. The van der Waals surface area contributed by atoms with Gasteiger partial charge >= 0.3 is 0 Å². The van der Waals surface area contributed by atoms with Crippen molar-refractivity contribution in [2.45, 2.75) is 58.2 Å². The molecule has 2 aliphatic heterocycles. The van der Waals surface area contributed by atoms with Gasteiger partial charge in [-0.3, -0.25) is 9.58 Å². The standard InChI is InChI=1S/C16H27N3O/c1-13(2)18-10-16(11-20-12-16)9-14(18)8-15(3,4)19-7-5-6-17-19/h5-7,13-14H,8-12H2,1-4H3. The molecular weight excluding hydrogens is 250 g/mol. The van der Waals surface area contributed by atoms with E-state index in [1.165, 1.54) is 13.0 Å². The monoisotopic (exact) mass is 277 g/mol. The summed E-state index contributed by atoms with van der Waals surface area (Å²) >= 11 is 0. The van der Waals surface area contributed by atoms with E-state index in [2.05, 4.69) is 48.6 Å². The summed E-state index contributed by atoms with van der Waals surface area (Å²) < 4.78 is 7.60. The first kappa shape index (κ1) is 14.1. The minimum atomic E-state index is 0.0669. The number of ether oxygens (including phenoxy) is 1. The molecule has 20 heavy (non-hydrogen) atoms. The smallest absolute Gasteiger partial charge is 0.0586 e. The molecule has 112 valence electrons. The summed E-state index contributed by atoms with van der Waals surface area (Å²) in [6, 6.07) is 3.25. The van der Waals surface area contributed by atoms with Crippen LogP contribution in [0.15, 0.2) is 18.5 Å². The molecule has 2 aliphatic rings. The van der Waals surface area contributed by atoms with Gasteiger partial charge in [-0.1, -0.05) is 0 Å². The second-order valence-electron chi connectivity index (χ2n) is 7.58. The van der Waals surface area contributed by atoms with Gasteiger partial charge in [0.25, 0.3) is 0 Å². The quantitative estimate of drug-likeness (QED) is 0.847.